The molecule has 2 N–H and O–H groups in total. The van der Waals surface area contributed by atoms with Crippen molar-refractivity contribution in [3.05, 3.63) is 65.9 Å². The molecule has 1 amide bonds. The number of anilines is 3. The van der Waals surface area contributed by atoms with Crippen LogP contribution in [0.2, 0.25) is 0 Å². The number of amides is 1. The van der Waals surface area contributed by atoms with E-state index < -0.39 is 39.1 Å². The van der Waals surface area contributed by atoms with Gasteiger partial charge in [-0.25, -0.2) is 17.5 Å². The molecule has 0 aliphatic carbocycles. The van der Waals surface area contributed by atoms with E-state index in [9.17, 15) is 22.0 Å². The van der Waals surface area contributed by atoms with E-state index in [0.717, 1.165) is 16.1 Å². The van der Waals surface area contributed by atoms with Crippen molar-refractivity contribution in [3.8, 4) is 22.6 Å². The number of fused-ring (bicyclic) bond motifs is 2. The smallest absolute Gasteiger partial charge is 0.264 e. The van der Waals surface area contributed by atoms with Crippen molar-refractivity contribution in [3.63, 3.8) is 0 Å². The van der Waals surface area contributed by atoms with Crippen molar-refractivity contribution in [2.45, 2.75) is 37.8 Å². The lowest BCUT2D eigenvalue weighted by Gasteiger charge is -2.33. The Morgan fingerprint density at radius 2 is 1.86 bits per heavy atom. The average Bonchev–Trinajstić information content (AvgIpc) is 3.78. The summed E-state index contributed by atoms with van der Waals surface area (Å²) >= 11 is -2.82. The van der Waals surface area contributed by atoms with Gasteiger partial charge in [0.05, 0.1) is 67.2 Å². The fourth-order valence-electron chi connectivity index (χ4n) is 6.36. The van der Waals surface area contributed by atoms with E-state index in [1.165, 1.54) is 24.4 Å². The van der Waals surface area contributed by atoms with Crippen LogP contribution in [-0.4, -0.2) is 84.5 Å². The van der Waals surface area contributed by atoms with Crippen molar-refractivity contribution in [1.29, 1.82) is 0 Å². The molecule has 3 aliphatic rings. The predicted molar refractivity (Wildman–Crippen MR) is 181 cm³/mol. The summed E-state index contributed by atoms with van der Waals surface area (Å²) < 4.78 is 92.0. The van der Waals surface area contributed by atoms with E-state index in [2.05, 4.69) is 15.3 Å². The molecule has 2 aromatic heterocycles. The number of carbonyl (C=O) groups excluding carboxylic acids is 1. The molecule has 50 heavy (non-hydrogen) atoms. The molecule has 3 aliphatic heterocycles. The first kappa shape index (κ1) is 34.0. The van der Waals surface area contributed by atoms with E-state index in [-0.39, 0.29) is 52.0 Å². The van der Waals surface area contributed by atoms with Gasteiger partial charge in [0, 0.05) is 78.0 Å². The Labute approximate surface area is 289 Å². The summed E-state index contributed by atoms with van der Waals surface area (Å²) in [6, 6.07) is 6.73. The Kier molecular flexibility index (Phi) is 9.58. The molecular weight excluding hydrogens is 694 g/mol. The van der Waals surface area contributed by atoms with Crippen molar-refractivity contribution < 1.29 is 45.3 Å². The molecular formula is C33H33FN5O9S2-. The molecule has 0 bridgehead atoms. The first-order chi connectivity index (χ1) is 24.0. The maximum Gasteiger partial charge on any atom is 0.264 e. The zero-order valence-corrected chi connectivity index (χ0v) is 28.5. The Balaban J connectivity index is 1.38. The SMILES string of the molecule is CS(=O)(=O)NC(=O)c1cc(Nc2c(N(C3CCOC3)S(=O)[O-])cnc3cc(-c4cncc5c4OCC5)cc(F)c23)cc(OC2CCOCC2)c1. The maximum absolute atomic E-state index is 16.5. The second-order valence-corrected chi connectivity index (χ2v) is 14.8. The van der Waals surface area contributed by atoms with Crippen LogP contribution < -0.4 is 23.8 Å². The van der Waals surface area contributed by atoms with Gasteiger partial charge in [-0.3, -0.25) is 23.3 Å². The molecule has 2 aromatic carbocycles. The molecule has 0 spiro atoms. The standard InChI is InChI=1S/C33H34FN5O9S2/c1-50(43,44)38-33(40)21-10-22(14-25(11-21)48-24-4-7-45-8-5-24)37-31-29(39(49(41)42)23-3-6-46-18-23)17-36-28-13-20(12-27(34)30(28)31)26-16-35-15-19-2-9-47-32(19)26/h10-17,23-24H,2-9,18H2,1H3,(H,36,37)(H,38,40)(H,41,42)/p-1. The number of ether oxygens (including phenoxy) is 4. The second kappa shape index (κ2) is 14.1. The van der Waals surface area contributed by atoms with Gasteiger partial charge in [-0.2, -0.15) is 0 Å². The number of carbonyl (C=O) groups is 1. The third kappa shape index (κ3) is 7.22. The van der Waals surface area contributed by atoms with Crippen LogP contribution in [0.25, 0.3) is 22.0 Å². The van der Waals surface area contributed by atoms with E-state index in [0.29, 0.717) is 69.0 Å². The number of rotatable bonds is 10. The van der Waals surface area contributed by atoms with Crippen LogP contribution in [0, 0.1) is 5.82 Å². The minimum Gasteiger partial charge on any atom is -0.755 e. The molecule has 0 saturated carbocycles. The first-order valence-electron chi connectivity index (χ1n) is 15.9. The number of aromatic nitrogens is 2. The van der Waals surface area contributed by atoms with Crippen LogP contribution in [0.3, 0.4) is 0 Å². The molecule has 2 saturated heterocycles. The summed E-state index contributed by atoms with van der Waals surface area (Å²) in [6.07, 6.45) is 7.51. The van der Waals surface area contributed by atoms with Gasteiger partial charge in [-0.15, -0.1) is 0 Å². The first-order valence-corrected chi connectivity index (χ1v) is 18.8. The number of hydrogen-bond donors (Lipinski definition) is 2. The molecule has 2 atom stereocenters. The minimum absolute atomic E-state index is 0.0278. The molecule has 7 rings (SSSR count). The van der Waals surface area contributed by atoms with Gasteiger partial charge in [0.2, 0.25) is 10.0 Å². The lowest BCUT2D eigenvalue weighted by Crippen LogP contribution is -2.37. The highest BCUT2D eigenvalue weighted by Crippen LogP contribution is 2.43. The topological polar surface area (TPSA) is 181 Å². The number of pyridine rings is 2. The number of nitrogens with one attached hydrogen (secondary N) is 2. The van der Waals surface area contributed by atoms with E-state index in [4.69, 9.17) is 18.9 Å². The van der Waals surface area contributed by atoms with Crippen LogP contribution in [0.1, 0.15) is 35.2 Å². The van der Waals surface area contributed by atoms with Gasteiger partial charge in [0.1, 0.15) is 23.4 Å². The summed E-state index contributed by atoms with van der Waals surface area (Å²) in [7, 11) is -3.92. The minimum atomic E-state index is -3.92. The van der Waals surface area contributed by atoms with Gasteiger partial charge in [-0.1, -0.05) is 0 Å². The Morgan fingerprint density at radius 3 is 2.60 bits per heavy atom. The Hall–Kier alpha value is -4.42. The summed E-state index contributed by atoms with van der Waals surface area (Å²) in [5, 5.41) is 3.12. The zero-order chi connectivity index (χ0) is 35.0. The summed E-state index contributed by atoms with van der Waals surface area (Å²) in [5.41, 5.74) is 2.37. The molecule has 4 aromatic rings. The zero-order valence-electron chi connectivity index (χ0n) is 26.8. The number of benzene rings is 2. The van der Waals surface area contributed by atoms with Gasteiger partial charge >= 0.3 is 0 Å². The molecule has 5 heterocycles. The monoisotopic (exact) mass is 726 g/mol. The lowest BCUT2D eigenvalue weighted by atomic mass is 10.0. The highest BCUT2D eigenvalue weighted by molar-refractivity contribution is 7.89. The number of sulfonamides is 1. The fraction of sp³-hybridized carbons (Fsp3) is 0.364. The van der Waals surface area contributed by atoms with Gasteiger partial charge in [0.25, 0.3) is 5.91 Å². The van der Waals surface area contributed by atoms with Gasteiger partial charge in [-0.05, 0) is 36.2 Å². The molecule has 0 radical (unpaired) electrons. The second-order valence-electron chi connectivity index (χ2n) is 12.2. The predicted octanol–water partition coefficient (Wildman–Crippen LogP) is 3.75. The number of halogens is 1. The summed E-state index contributed by atoms with van der Waals surface area (Å²) in [4.78, 5) is 21.9. The normalized spacial score (nSPS) is 18.3. The van der Waals surface area contributed by atoms with Crippen molar-refractivity contribution in [2.75, 3.05) is 48.9 Å². The van der Waals surface area contributed by atoms with Crippen molar-refractivity contribution in [1.82, 2.24) is 14.7 Å². The third-order valence-electron chi connectivity index (χ3n) is 8.62. The maximum atomic E-state index is 16.5. The van der Waals surface area contributed by atoms with Crippen molar-refractivity contribution >= 4 is 55.2 Å². The Morgan fingerprint density at radius 1 is 1.06 bits per heavy atom. The van der Waals surface area contributed by atoms with Gasteiger partial charge in [0.15, 0.2) is 0 Å². The highest BCUT2D eigenvalue weighted by atomic mass is 32.2. The summed E-state index contributed by atoms with van der Waals surface area (Å²) in [6.45, 7) is 1.90. The quantitative estimate of drug-likeness (QED) is 0.226. The largest absolute Gasteiger partial charge is 0.755 e. The average molecular weight is 727 g/mol. The highest BCUT2D eigenvalue weighted by Gasteiger charge is 2.30. The molecule has 14 nitrogen and oxygen atoms in total. The van der Waals surface area contributed by atoms with E-state index in [1.807, 2.05) is 4.72 Å². The fourth-order valence-corrected chi connectivity index (χ4v) is 7.52. The number of nitrogens with zero attached hydrogens (tertiary/aromatic N) is 3. The molecule has 17 heteroatoms. The molecule has 2 unspecified atom stereocenters. The van der Waals surface area contributed by atoms with Crippen LogP contribution in [0.5, 0.6) is 11.5 Å². The van der Waals surface area contributed by atoms with Crippen LogP contribution in [0.4, 0.5) is 21.5 Å². The molecule has 264 valence electrons. The van der Waals surface area contributed by atoms with E-state index >= 15 is 4.39 Å². The van der Waals surface area contributed by atoms with Crippen LogP contribution >= 0.6 is 0 Å². The lowest BCUT2D eigenvalue weighted by molar-refractivity contribution is 0.0255. The van der Waals surface area contributed by atoms with Crippen molar-refractivity contribution in [2.24, 2.45) is 0 Å². The van der Waals surface area contributed by atoms with E-state index in [1.54, 1.807) is 24.5 Å². The number of hydrogen-bond acceptors (Lipinski definition) is 12. The Bertz CT molecular complexity index is 2090. The molecule has 2 fully saturated rings. The third-order valence-corrected chi connectivity index (χ3v) is 10.00. The van der Waals surface area contributed by atoms with Crippen LogP contribution in [0.15, 0.2) is 48.9 Å². The summed E-state index contributed by atoms with van der Waals surface area (Å²) in [5.74, 6) is -0.777. The van der Waals surface area contributed by atoms with Gasteiger partial charge < -0.3 is 28.8 Å². The van der Waals surface area contributed by atoms with Crippen LogP contribution in [-0.2, 0) is 37.2 Å².